The molecule has 198 valence electrons. The van der Waals surface area contributed by atoms with E-state index in [0.29, 0.717) is 31.6 Å². The number of fused-ring (bicyclic) bond motifs is 1. The Bertz CT molecular complexity index is 1430. The van der Waals surface area contributed by atoms with Crippen molar-refractivity contribution >= 4 is 45.3 Å². The molecule has 0 spiro atoms. The molecule has 4 heterocycles. The molecule has 38 heavy (non-hydrogen) atoms. The number of benzene rings is 1. The lowest BCUT2D eigenvalue weighted by Crippen LogP contribution is -2.42. The van der Waals surface area contributed by atoms with Crippen LogP contribution in [-0.4, -0.2) is 69.5 Å². The number of piperidine rings is 2. The topological polar surface area (TPSA) is 105 Å². The molecule has 0 aliphatic carbocycles. The number of likely N-dealkylation sites (tertiary alicyclic amines) is 2. The number of hydrogen-bond acceptors (Lipinski definition) is 7. The summed E-state index contributed by atoms with van der Waals surface area (Å²) in [7, 11) is 0. The lowest BCUT2D eigenvalue weighted by molar-refractivity contribution is -0.130. The van der Waals surface area contributed by atoms with Gasteiger partial charge in [0, 0.05) is 86.3 Å². The highest BCUT2D eigenvalue weighted by atomic mass is 32.1. The summed E-state index contributed by atoms with van der Waals surface area (Å²) < 4.78 is 0. The van der Waals surface area contributed by atoms with E-state index in [0.717, 1.165) is 69.1 Å². The second-order valence-corrected chi connectivity index (χ2v) is 11.2. The Morgan fingerprint density at radius 3 is 2.61 bits per heavy atom. The normalized spacial score (nSPS) is 19.3. The summed E-state index contributed by atoms with van der Waals surface area (Å²) in [6.07, 6.45) is 6.56. The van der Waals surface area contributed by atoms with Crippen molar-refractivity contribution in [3.63, 3.8) is 0 Å². The second-order valence-electron chi connectivity index (χ2n) is 9.96. The zero-order valence-electron chi connectivity index (χ0n) is 22.2. The van der Waals surface area contributed by atoms with Gasteiger partial charge in [-0.05, 0) is 31.2 Å². The van der Waals surface area contributed by atoms with Crippen LogP contribution in [0.5, 0.6) is 0 Å². The van der Waals surface area contributed by atoms with E-state index in [9.17, 15) is 9.59 Å². The van der Waals surface area contributed by atoms with Crippen molar-refractivity contribution in [1.29, 1.82) is 0 Å². The summed E-state index contributed by atoms with van der Waals surface area (Å²) in [6.45, 7) is 8.04. The van der Waals surface area contributed by atoms with E-state index in [1.165, 1.54) is 0 Å². The van der Waals surface area contributed by atoms with Crippen LogP contribution in [0, 0.1) is 6.92 Å². The molecule has 5 rings (SSSR count). The second kappa shape index (κ2) is 11.0. The van der Waals surface area contributed by atoms with Gasteiger partial charge in [-0.2, -0.15) is 0 Å². The molecule has 9 heteroatoms. The fourth-order valence-corrected chi connectivity index (χ4v) is 6.03. The number of nitrogens with two attached hydrogens (primary N) is 1. The number of nitrogens with zero attached hydrogens (tertiary/aromatic N) is 5. The Labute approximate surface area is 227 Å². The molecule has 0 saturated carbocycles. The van der Waals surface area contributed by atoms with E-state index in [1.807, 2.05) is 48.2 Å². The first-order valence-electron chi connectivity index (χ1n) is 13.2. The summed E-state index contributed by atoms with van der Waals surface area (Å²) in [5.74, 6) is 0.235. The average Bonchev–Trinajstić information content (AvgIpc) is 3.38. The van der Waals surface area contributed by atoms with Gasteiger partial charge >= 0.3 is 0 Å². The Morgan fingerprint density at radius 1 is 1.13 bits per heavy atom. The maximum Gasteiger partial charge on any atom is 0.222 e. The Kier molecular flexibility index (Phi) is 7.56. The van der Waals surface area contributed by atoms with Crippen molar-refractivity contribution in [2.24, 2.45) is 10.7 Å². The molecule has 0 atom stereocenters. The zero-order valence-corrected chi connectivity index (χ0v) is 23.1. The monoisotopic (exact) mass is 530 g/mol. The van der Waals surface area contributed by atoms with E-state index >= 15 is 0 Å². The number of aliphatic imine (C=N–C) groups is 1. The maximum atomic E-state index is 12.6. The molecule has 0 radical (unpaired) electrons. The smallest absolute Gasteiger partial charge is 0.222 e. The summed E-state index contributed by atoms with van der Waals surface area (Å²) in [5, 5.41) is 3.02. The van der Waals surface area contributed by atoms with Gasteiger partial charge in [0.15, 0.2) is 0 Å². The summed E-state index contributed by atoms with van der Waals surface area (Å²) in [5.41, 5.74) is 11.3. The fourth-order valence-electron chi connectivity index (χ4n) is 5.29. The molecule has 3 aromatic rings. The number of aromatic nitrogens is 2. The first-order valence-corrected chi connectivity index (χ1v) is 14.1. The van der Waals surface area contributed by atoms with Crippen LogP contribution >= 0.6 is 11.3 Å². The fraction of sp³-hybridized carbons (Fsp3) is 0.414. The number of carbonyl (C=O) groups excluding carboxylic acids is 2. The molecule has 2 saturated heterocycles. The lowest BCUT2D eigenvalue weighted by atomic mass is 9.93. The first-order chi connectivity index (χ1) is 18.3. The van der Waals surface area contributed by atoms with Crippen LogP contribution in [0.15, 0.2) is 47.2 Å². The number of hydrogen-bond donors (Lipinski definition) is 1. The lowest BCUT2D eigenvalue weighted by Gasteiger charge is -2.33. The van der Waals surface area contributed by atoms with Crippen LogP contribution in [-0.2, 0) is 9.59 Å². The summed E-state index contributed by atoms with van der Waals surface area (Å²) in [4.78, 5) is 43.4. The minimum Gasteiger partial charge on any atom is -0.398 e. The highest BCUT2D eigenvalue weighted by Gasteiger charge is 2.28. The van der Waals surface area contributed by atoms with Gasteiger partial charge in [0.1, 0.15) is 0 Å². The molecular weight excluding hydrogens is 496 g/mol. The van der Waals surface area contributed by atoms with Crippen molar-refractivity contribution in [1.82, 2.24) is 19.8 Å². The molecule has 0 bridgehead atoms. The third kappa shape index (κ3) is 5.34. The molecule has 2 aromatic heterocycles. The highest BCUT2D eigenvalue weighted by molar-refractivity contribution is 7.15. The van der Waals surface area contributed by atoms with Crippen LogP contribution in [0.4, 0.5) is 0 Å². The predicted molar refractivity (Wildman–Crippen MR) is 153 cm³/mol. The van der Waals surface area contributed by atoms with E-state index in [-0.39, 0.29) is 17.9 Å². The van der Waals surface area contributed by atoms with Crippen molar-refractivity contribution < 1.29 is 9.59 Å². The number of carbonyl (C=O) groups is 2. The van der Waals surface area contributed by atoms with Crippen molar-refractivity contribution in [3.8, 4) is 10.6 Å². The van der Waals surface area contributed by atoms with Gasteiger partial charge in [0.25, 0.3) is 0 Å². The van der Waals surface area contributed by atoms with Crippen LogP contribution < -0.4 is 5.73 Å². The van der Waals surface area contributed by atoms with Gasteiger partial charge in [-0.15, -0.1) is 11.3 Å². The van der Waals surface area contributed by atoms with Crippen molar-refractivity contribution in [2.75, 3.05) is 26.2 Å². The number of aryl methyl sites for hydroxylation is 1. The number of thiazole rings is 1. The molecule has 0 unspecified atom stereocenters. The summed E-state index contributed by atoms with van der Waals surface area (Å²) in [6, 6.07) is 8.33. The molecule has 2 N–H and O–H groups in total. The van der Waals surface area contributed by atoms with Crippen LogP contribution in [0.3, 0.4) is 0 Å². The van der Waals surface area contributed by atoms with Gasteiger partial charge in [-0.25, -0.2) is 4.98 Å². The van der Waals surface area contributed by atoms with Gasteiger partial charge in [-0.3, -0.25) is 19.6 Å². The van der Waals surface area contributed by atoms with E-state index in [4.69, 9.17) is 15.7 Å². The zero-order chi connectivity index (χ0) is 26.8. The molecule has 1 aromatic carbocycles. The average molecular weight is 531 g/mol. The molecule has 2 fully saturated rings. The number of rotatable bonds is 4. The van der Waals surface area contributed by atoms with Crippen molar-refractivity contribution in [3.05, 3.63) is 52.8 Å². The third-order valence-corrected chi connectivity index (χ3v) is 8.41. The molecule has 2 amide bonds. The summed E-state index contributed by atoms with van der Waals surface area (Å²) >= 11 is 1.62. The van der Waals surface area contributed by atoms with E-state index in [1.54, 1.807) is 18.3 Å². The number of amides is 2. The number of pyridine rings is 1. The molecule has 8 nitrogen and oxygen atoms in total. The first kappa shape index (κ1) is 26.0. The quantitative estimate of drug-likeness (QED) is 0.537. The molecular formula is C29H34N6O2S. The van der Waals surface area contributed by atoms with Gasteiger partial charge < -0.3 is 15.5 Å². The molecule has 2 aliphatic rings. The standard InChI is InChI=1S/C29H34N6O2S/c1-4-28(37)35-13-10-25(33-21-8-11-34(12-9-21)19(3)36)24(17-35)29(30)22-7-5-6-20-14-26(32-15-23(20)22)27-16-31-18(2)38-27/h5-7,14-16,21H,4,8-13,17,30H2,1-3H3. The highest BCUT2D eigenvalue weighted by Crippen LogP contribution is 2.31. The minimum absolute atomic E-state index is 0.116. The maximum absolute atomic E-state index is 12.6. The van der Waals surface area contributed by atoms with Crippen LogP contribution in [0.2, 0.25) is 0 Å². The van der Waals surface area contributed by atoms with Crippen LogP contribution in [0.25, 0.3) is 27.0 Å². The largest absolute Gasteiger partial charge is 0.398 e. The van der Waals surface area contributed by atoms with Gasteiger partial charge in [0.2, 0.25) is 11.8 Å². The Hall–Kier alpha value is -3.59. The van der Waals surface area contributed by atoms with E-state index < -0.39 is 0 Å². The van der Waals surface area contributed by atoms with Crippen LogP contribution in [0.1, 0.15) is 50.1 Å². The Morgan fingerprint density at radius 2 is 1.92 bits per heavy atom. The van der Waals surface area contributed by atoms with Gasteiger partial charge in [-0.1, -0.05) is 25.1 Å². The van der Waals surface area contributed by atoms with E-state index in [2.05, 4.69) is 17.1 Å². The minimum atomic E-state index is 0.116. The third-order valence-electron chi connectivity index (χ3n) is 7.47. The predicted octanol–water partition coefficient (Wildman–Crippen LogP) is 4.43. The van der Waals surface area contributed by atoms with Gasteiger partial charge in [0.05, 0.1) is 21.6 Å². The SMILES string of the molecule is CCC(=O)N1CCC(=NC2CCN(C(C)=O)CC2)C(=C(N)c2cccc3cc(-c4cnc(C)s4)ncc23)C1. The Balaban J connectivity index is 1.53. The molecule has 2 aliphatic heterocycles. The van der Waals surface area contributed by atoms with Crippen molar-refractivity contribution in [2.45, 2.75) is 52.5 Å².